The molecule has 64 valence electrons. The number of nitrogen functional groups attached to an aromatic ring is 1. The van der Waals surface area contributed by atoms with Crippen LogP contribution in [-0.2, 0) is 0 Å². The number of nitro benzene ring substituents is 1. The van der Waals surface area contributed by atoms with Crippen LogP contribution < -0.4 is 11.1 Å². The number of hydrogen-bond acceptors (Lipinski definition) is 4. The molecule has 0 saturated heterocycles. The minimum atomic E-state index is -0.470. The zero-order valence-corrected chi connectivity index (χ0v) is 6.57. The molecule has 0 atom stereocenters. The number of anilines is 2. The minimum absolute atomic E-state index is 0.00231. The first-order valence-corrected chi connectivity index (χ1v) is 3.37. The van der Waals surface area contributed by atoms with Gasteiger partial charge in [-0.05, 0) is 12.1 Å². The highest BCUT2D eigenvalue weighted by Gasteiger charge is 2.11. The van der Waals surface area contributed by atoms with Gasteiger partial charge in [-0.1, -0.05) is 0 Å². The van der Waals surface area contributed by atoms with Crippen LogP contribution in [0.2, 0.25) is 0 Å². The fraction of sp³-hybridized carbons (Fsp3) is 0.143. The quantitative estimate of drug-likeness (QED) is 0.394. The van der Waals surface area contributed by atoms with Crippen molar-refractivity contribution in [2.24, 2.45) is 0 Å². The van der Waals surface area contributed by atoms with Crippen molar-refractivity contribution in [2.75, 3.05) is 18.1 Å². The van der Waals surface area contributed by atoms with Crippen LogP contribution in [0.3, 0.4) is 0 Å². The predicted molar refractivity (Wildman–Crippen MR) is 47.1 cm³/mol. The number of nitrogens with zero attached hydrogens (tertiary/aromatic N) is 1. The van der Waals surface area contributed by atoms with Gasteiger partial charge in [0.1, 0.15) is 5.69 Å². The minimum Gasteiger partial charge on any atom is -0.399 e. The number of nitro groups is 1. The monoisotopic (exact) mass is 167 g/mol. The normalized spacial score (nSPS) is 9.42. The molecule has 0 fully saturated rings. The molecule has 0 aromatic heterocycles. The Morgan fingerprint density at radius 1 is 1.58 bits per heavy atom. The second-order valence-corrected chi connectivity index (χ2v) is 2.28. The maximum Gasteiger partial charge on any atom is 0.294 e. The summed E-state index contributed by atoms with van der Waals surface area (Å²) in [4.78, 5) is 9.97. The highest BCUT2D eigenvalue weighted by molar-refractivity contribution is 5.66. The largest absolute Gasteiger partial charge is 0.399 e. The van der Waals surface area contributed by atoms with E-state index >= 15 is 0 Å². The van der Waals surface area contributed by atoms with Gasteiger partial charge in [-0.3, -0.25) is 10.1 Å². The molecule has 1 aromatic carbocycles. The second kappa shape index (κ2) is 3.08. The summed E-state index contributed by atoms with van der Waals surface area (Å²) < 4.78 is 0. The summed E-state index contributed by atoms with van der Waals surface area (Å²) in [6.45, 7) is 0. The Balaban J connectivity index is 3.21. The number of benzene rings is 1. The third-order valence-corrected chi connectivity index (χ3v) is 1.49. The van der Waals surface area contributed by atoms with Crippen LogP contribution in [0.25, 0.3) is 0 Å². The number of nitrogens with one attached hydrogen (secondary N) is 1. The second-order valence-electron chi connectivity index (χ2n) is 2.28. The fourth-order valence-corrected chi connectivity index (χ4v) is 0.911. The van der Waals surface area contributed by atoms with Crippen LogP contribution in [0.5, 0.6) is 0 Å². The molecule has 0 amide bonds. The van der Waals surface area contributed by atoms with Gasteiger partial charge in [0, 0.05) is 18.8 Å². The highest BCUT2D eigenvalue weighted by Crippen LogP contribution is 2.25. The fourth-order valence-electron chi connectivity index (χ4n) is 0.911. The molecular weight excluding hydrogens is 158 g/mol. The van der Waals surface area contributed by atoms with Crippen molar-refractivity contribution in [3.63, 3.8) is 0 Å². The zero-order chi connectivity index (χ0) is 9.14. The van der Waals surface area contributed by atoms with E-state index in [2.05, 4.69) is 5.32 Å². The van der Waals surface area contributed by atoms with E-state index in [1.807, 2.05) is 0 Å². The Morgan fingerprint density at radius 3 is 2.75 bits per heavy atom. The third kappa shape index (κ3) is 1.45. The first-order chi connectivity index (χ1) is 5.65. The van der Waals surface area contributed by atoms with Gasteiger partial charge in [0.25, 0.3) is 5.69 Å². The molecule has 0 heterocycles. The average Bonchev–Trinajstić information content (AvgIpc) is 2.04. The lowest BCUT2D eigenvalue weighted by molar-refractivity contribution is -0.383. The van der Waals surface area contributed by atoms with Crippen LogP contribution in [0, 0.1) is 10.1 Å². The van der Waals surface area contributed by atoms with Crippen molar-refractivity contribution in [1.29, 1.82) is 0 Å². The molecule has 12 heavy (non-hydrogen) atoms. The van der Waals surface area contributed by atoms with Gasteiger partial charge in [-0.25, -0.2) is 0 Å². The molecule has 1 aromatic rings. The molecule has 0 aliphatic rings. The smallest absolute Gasteiger partial charge is 0.294 e. The van der Waals surface area contributed by atoms with Crippen molar-refractivity contribution in [3.8, 4) is 0 Å². The lowest BCUT2D eigenvalue weighted by Crippen LogP contribution is -1.97. The first kappa shape index (κ1) is 8.32. The molecule has 0 bridgehead atoms. The summed E-state index contributed by atoms with van der Waals surface area (Å²) in [6.07, 6.45) is 0. The van der Waals surface area contributed by atoms with Gasteiger partial charge in [0.15, 0.2) is 0 Å². The van der Waals surface area contributed by atoms with Crippen LogP contribution >= 0.6 is 0 Å². The van der Waals surface area contributed by atoms with Crippen LogP contribution in [0.1, 0.15) is 0 Å². The topological polar surface area (TPSA) is 81.2 Å². The molecule has 0 radical (unpaired) electrons. The highest BCUT2D eigenvalue weighted by atomic mass is 16.6. The van der Waals surface area contributed by atoms with Gasteiger partial charge >= 0.3 is 0 Å². The summed E-state index contributed by atoms with van der Waals surface area (Å²) in [5.74, 6) is 0. The van der Waals surface area contributed by atoms with Gasteiger partial charge in [0.05, 0.1) is 4.92 Å². The summed E-state index contributed by atoms with van der Waals surface area (Å²) in [5.41, 5.74) is 6.24. The summed E-state index contributed by atoms with van der Waals surface area (Å²) in [7, 11) is 1.62. The summed E-state index contributed by atoms with van der Waals surface area (Å²) in [6, 6.07) is 4.51. The van der Waals surface area contributed by atoms with E-state index in [0.29, 0.717) is 11.4 Å². The van der Waals surface area contributed by atoms with Crippen LogP contribution in [-0.4, -0.2) is 12.0 Å². The molecule has 0 aliphatic heterocycles. The lowest BCUT2D eigenvalue weighted by atomic mass is 10.2. The van der Waals surface area contributed by atoms with Crippen molar-refractivity contribution >= 4 is 17.1 Å². The Labute approximate surface area is 69.3 Å². The van der Waals surface area contributed by atoms with E-state index in [1.165, 1.54) is 6.07 Å². The van der Waals surface area contributed by atoms with Crippen LogP contribution in [0.15, 0.2) is 18.2 Å². The zero-order valence-electron chi connectivity index (χ0n) is 6.57. The Hall–Kier alpha value is -1.78. The SMILES string of the molecule is CNc1ccc(N)cc1[N+](=O)[O-]. The van der Waals surface area contributed by atoms with Crippen molar-refractivity contribution < 1.29 is 4.92 Å². The number of nitrogens with two attached hydrogens (primary N) is 1. The predicted octanol–water partition coefficient (Wildman–Crippen LogP) is 1.22. The van der Waals surface area contributed by atoms with Crippen LogP contribution in [0.4, 0.5) is 17.1 Å². The van der Waals surface area contributed by atoms with E-state index in [-0.39, 0.29) is 5.69 Å². The van der Waals surface area contributed by atoms with Gasteiger partial charge in [-0.15, -0.1) is 0 Å². The van der Waals surface area contributed by atoms with Gasteiger partial charge < -0.3 is 11.1 Å². The van der Waals surface area contributed by atoms with E-state index < -0.39 is 4.92 Å². The molecule has 0 aliphatic carbocycles. The van der Waals surface area contributed by atoms with E-state index in [9.17, 15) is 10.1 Å². The van der Waals surface area contributed by atoms with Crippen molar-refractivity contribution in [3.05, 3.63) is 28.3 Å². The standard InChI is InChI=1S/C7H9N3O2/c1-9-6-3-2-5(8)4-7(6)10(11)12/h2-4,9H,8H2,1H3. The molecule has 0 saturated carbocycles. The molecule has 3 N–H and O–H groups in total. The van der Waals surface area contributed by atoms with Crippen molar-refractivity contribution in [1.82, 2.24) is 0 Å². The molecular formula is C7H9N3O2. The molecule has 5 heteroatoms. The lowest BCUT2D eigenvalue weighted by Gasteiger charge is -2.01. The summed E-state index contributed by atoms with van der Waals surface area (Å²) in [5, 5.41) is 13.1. The Bertz CT molecular complexity index is 312. The summed E-state index contributed by atoms with van der Waals surface area (Å²) >= 11 is 0. The van der Waals surface area contributed by atoms with E-state index in [4.69, 9.17) is 5.73 Å². The molecule has 0 unspecified atom stereocenters. The van der Waals surface area contributed by atoms with E-state index in [1.54, 1.807) is 19.2 Å². The Kier molecular flexibility index (Phi) is 2.14. The number of hydrogen-bond donors (Lipinski definition) is 2. The average molecular weight is 167 g/mol. The van der Waals surface area contributed by atoms with Crippen molar-refractivity contribution in [2.45, 2.75) is 0 Å². The molecule has 5 nitrogen and oxygen atoms in total. The first-order valence-electron chi connectivity index (χ1n) is 3.37. The molecule has 1 rings (SSSR count). The Morgan fingerprint density at radius 2 is 2.25 bits per heavy atom. The third-order valence-electron chi connectivity index (χ3n) is 1.49. The molecule has 0 spiro atoms. The van der Waals surface area contributed by atoms with Gasteiger partial charge in [0.2, 0.25) is 0 Å². The maximum absolute atomic E-state index is 10.4. The number of rotatable bonds is 2. The van der Waals surface area contributed by atoms with Gasteiger partial charge in [-0.2, -0.15) is 0 Å². The maximum atomic E-state index is 10.4. The van der Waals surface area contributed by atoms with E-state index in [0.717, 1.165) is 0 Å².